The number of carboxylic acid groups (broad SMARTS) is 1. The van der Waals surface area contributed by atoms with Gasteiger partial charge >= 0.3 is 5.97 Å². The first kappa shape index (κ1) is 17.7. The van der Waals surface area contributed by atoms with E-state index in [1.807, 2.05) is 32.2 Å². The molecule has 1 atom stereocenters. The van der Waals surface area contributed by atoms with Crippen LogP contribution in [0.3, 0.4) is 0 Å². The van der Waals surface area contributed by atoms with Gasteiger partial charge in [-0.1, -0.05) is 30.3 Å². The maximum absolute atomic E-state index is 12.2. The van der Waals surface area contributed by atoms with E-state index in [4.69, 9.17) is 5.11 Å². The fourth-order valence-electron chi connectivity index (χ4n) is 2.54. The number of benzene rings is 2. The molecule has 0 radical (unpaired) electrons. The number of hydrogen-bond donors (Lipinski definition) is 2. The van der Waals surface area contributed by atoms with Gasteiger partial charge in [0.25, 0.3) is 5.91 Å². The van der Waals surface area contributed by atoms with E-state index in [2.05, 4.69) is 22.3 Å². The topological polar surface area (TPSA) is 69.6 Å². The van der Waals surface area contributed by atoms with Gasteiger partial charge in [0.2, 0.25) is 0 Å². The summed E-state index contributed by atoms with van der Waals surface area (Å²) in [5.41, 5.74) is 1.85. The van der Waals surface area contributed by atoms with Crippen molar-refractivity contribution in [2.24, 2.45) is 0 Å². The Balaban J connectivity index is 1.85. The van der Waals surface area contributed by atoms with E-state index in [-0.39, 0.29) is 17.5 Å². The van der Waals surface area contributed by atoms with Gasteiger partial charge in [-0.3, -0.25) is 4.79 Å². The van der Waals surface area contributed by atoms with Crippen LogP contribution in [0.4, 0.5) is 0 Å². The molecule has 2 aromatic carbocycles. The zero-order valence-electron chi connectivity index (χ0n) is 13.9. The van der Waals surface area contributed by atoms with Crippen molar-refractivity contribution in [3.8, 4) is 0 Å². The Kier molecular flexibility index (Phi) is 6.09. The van der Waals surface area contributed by atoms with Gasteiger partial charge in [-0.15, -0.1) is 0 Å². The van der Waals surface area contributed by atoms with Gasteiger partial charge in [0.15, 0.2) is 0 Å². The molecule has 1 unspecified atom stereocenters. The van der Waals surface area contributed by atoms with Crippen LogP contribution in [-0.4, -0.2) is 41.5 Å². The van der Waals surface area contributed by atoms with E-state index < -0.39 is 5.97 Å². The Labute approximate surface area is 141 Å². The Morgan fingerprint density at radius 1 is 1.04 bits per heavy atom. The van der Waals surface area contributed by atoms with E-state index in [0.717, 1.165) is 6.54 Å². The second-order valence-corrected chi connectivity index (χ2v) is 5.94. The molecule has 1 amide bonds. The number of nitrogens with zero attached hydrogens (tertiary/aromatic N) is 1. The Bertz CT molecular complexity index is 684. The molecule has 126 valence electrons. The molecule has 5 nitrogen and oxygen atoms in total. The molecule has 0 aromatic heterocycles. The molecule has 0 heterocycles. The van der Waals surface area contributed by atoms with Crippen molar-refractivity contribution in [1.82, 2.24) is 10.2 Å². The molecule has 0 saturated carbocycles. The van der Waals surface area contributed by atoms with Crippen LogP contribution in [0.5, 0.6) is 0 Å². The molecule has 0 fully saturated rings. The maximum Gasteiger partial charge on any atom is 0.335 e. The van der Waals surface area contributed by atoms with Crippen molar-refractivity contribution < 1.29 is 14.7 Å². The lowest BCUT2D eigenvalue weighted by Crippen LogP contribution is -2.40. The van der Waals surface area contributed by atoms with E-state index in [1.165, 1.54) is 29.8 Å². The smallest absolute Gasteiger partial charge is 0.335 e. The van der Waals surface area contributed by atoms with E-state index in [1.54, 1.807) is 0 Å². The summed E-state index contributed by atoms with van der Waals surface area (Å²) in [4.78, 5) is 25.2. The third-order valence-corrected chi connectivity index (χ3v) is 3.65. The molecule has 5 heteroatoms. The highest BCUT2D eigenvalue weighted by Crippen LogP contribution is 2.06. The number of carboxylic acids is 1. The molecule has 0 saturated heterocycles. The number of likely N-dealkylation sites (N-methyl/N-ethyl adjacent to an activating group) is 1. The summed E-state index contributed by atoms with van der Waals surface area (Å²) in [5, 5.41) is 11.8. The molecular formula is C19H22N2O3. The predicted molar refractivity (Wildman–Crippen MR) is 93.1 cm³/mol. The number of hydrogen-bond acceptors (Lipinski definition) is 3. The lowest BCUT2D eigenvalue weighted by atomic mass is 10.1. The summed E-state index contributed by atoms with van der Waals surface area (Å²) in [6.45, 7) is 3.48. The monoisotopic (exact) mass is 326 g/mol. The van der Waals surface area contributed by atoms with Gasteiger partial charge in [-0.05, 0) is 43.8 Å². The molecule has 2 N–H and O–H groups in total. The van der Waals surface area contributed by atoms with Gasteiger partial charge in [-0.25, -0.2) is 4.79 Å². The van der Waals surface area contributed by atoms with Crippen molar-refractivity contribution in [1.29, 1.82) is 0 Å². The average molecular weight is 326 g/mol. The van der Waals surface area contributed by atoms with Gasteiger partial charge < -0.3 is 15.3 Å². The second-order valence-electron chi connectivity index (χ2n) is 5.94. The molecule has 0 aliphatic heterocycles. The van der Waals surface area contributed by atoms with Crippen molar-refractivity contribution in [3.63, 3.8) is 0 Å². The molecule has 24 heavy (non-hydrogen) atoms. The SMILES string of the molecule is CC(CN(C)Cc1ccccc1)NC(=O)c1ccc(C(=O)O)cc1. The van der Waals surface area contributed by atoms with Crippen LogP contribution >= 0.6 is 0 Å². The van der Waals surface area contributed by atoms with Crippen LogP contribution in [-0.2, 0) is 6.54 Å². The minimum absolute atomic E-state index is 0.0228. The minimum Gasteiger partial charge on any atom is -0.478 e. The third kappa shape index (κ3) is 5.21. The summed E-state index contributed by atoms with van der Waals surface area (Å²) in [6.07, 6.45) is 0. The van der Waals surface area contributed by atoms with Crippen molar-refractivity contribution in [3.05, 3.63) is 71.3 Å². The van der Waals surface area contributed by atoms with Crippen LogP contribution in [0, 0.1) is 0 Å². The van der Waals surface area contributed by atoms with Gasteiger partial charge in [0.1, 0.15) is 0 Å². The second kappa shape index (κ2) is 8.26. The first-order chi connectivity index (χ1) is 11.5. The first-order valence-electron chi connectivity index (χ1n) is 7.82. The fraction of sp³-hybridized carbons (Fsp3) is 0.263. The highest BCUT2D eigenvalue weighted by atomic mass is 16.4. The molecular weight excluding hydrogens is 304 g/mol. The fourth-order valence-corrected chi connectivity index (χ4v) is 2.54. The van der Waals surface area contributed by atoms with Gasteiger partial charge in [0, 0.05) is 24.7 Å². The van der Waals surface area contributed by atoms with E-state index in [0.29, 0.717) is 12.1 Å². The number of aromatic carboxylic acids is 1. The standard InChI is InChI=1S/C19H22N2O3/c1-14(12-21(2)13-15-6-4-3-5-7-15)20-18(22)16-8-10-17(11-9-16)19(23)24/h3-11,14H,12-13H2,1-2H3,(H,20,22)(H,23,24). The van der Waals surface area contributed by atoms with Crippen LogP contribution in [0.1, 0.15) is 33.2 Å². The highest BCUT2D eigenvalue weighted by Gasteiger charge is 2.12. The quantitative estimate of drug-likeness (QED) is 0.821. The summed E-state index contributed by atoms with van der Waals surface area (Å²) < 4.78 is 0. The highest BCUT2D eigenvalue weighted by molar-refractivity contribution is 5.96. The molecule has 2 aromatic rings. The van der Waals surface area contributed by atoms with Crippen molar-refractivity contribution in [2.75, 3.05) is 13.6 Å². The summed E-state index contributed by atoms with van der Waals surface area (Å²) in [5.74, 6) is -1.20. The van der Waals surface area contributed by atoms with E-state index in [9.17, 15) is 9.59 Å². The third-order valence-electron chi connectivity index (χ3n) is 3.65. The van der Waals surface area contributed by atoms with E-state index >= 15 is 0 Å². The van der Waals surface area contributed by atoms with Crippen LogP contribution in [0.25, 0.3) is 0 Å². The van der Waals surface area contributed by atoms with Crippen molar-refractivity contribution in [2.45, 2.75) is 19.5 Å². The Morgan fingerprint density at radius 2 is 1.62 bits per heavy atom. The molecule has 2 rings (SSSR count). The molecule has 0 aliphatic rings. The average Bonchev–Trinajstić information content (AvgIpc) is 2.55. The van der Waals surface area contributed by atoms with Crippen LogP contribution < -0.4 is 5.32 Å². The number of amides is 1. The number of carbonyl (C=O) groups excluding carboxylic acids is 1. The Hall–Kier alpha value is -2.66. The summed E-state index contributed by atoms with van der Waals surface area (Å²) in [6, 6.07) is 16.1. The summed E-state index contributed by atoms with van der Waals surface area (Å²) in [7, 11) is 2.01. The Morgan fingerprint density at radius 3 is 2.21 bits per heavy atom. The van der Waals surface area contributed by atoms with Gasteiger partial charge in [0.05, 0.1) is 5.56 Å². The largest absolute Gasteiger partial charge is 0.478 e. The van der Waals surface area contributed by atoms with Crippen LogP contribution in [0.2, 0.25) is 0 Å². The molecule has 0 bridgehead atoms. The lowest BCUT2D eigenvalue weighted by Gasteiger charge is -2.22. The molecule has 0 spiro atoms. The first-order valence-corrected chi connectivity index (χ1v) is 7.82. The number of rotatable bonds is 7. The predicted octanol–water partition coefficient (Wildman–Crippen LogP) is 2.64. The molecule has 0 aliphatic carbocycles. The zero-order valence-corrected chi connectivity index (χ0v) is 13.9. The summed E-state index contributed by atoms with van der Waals surface area (Å²) >= 11 is 0. The van der Waals surface area contributed by atoms with Gasteiger partial charge in [-0.2, -0.15) is 0 Å². The van der Waals surface area contributed by atoms with Crippen LogP contribution in [0.15, 0.2) is 54.6 Å². The number of nitrogens with one attached hydrogen (secondary N) is 1. The van der Waals surface area contributed by atoms with Crippen molar-refractivity contribution >= 4 is 11.9 Å². The minimum atomic E-state index is -1.00. The number of carbonyl (C=O) groups is 2. The lowest BCUT2D eigenvalue weighted by molar-refractivity contribution is 0.0696. The maximum atomic E-state index is 12.2. The normalized spacial score (nSPS) is 12.0. The zero-order chi connectivity index (χ0) is 17.5.